The lowest BCUT2D eigenvalue weighted by molar-refractivity contribution is 0.102. The highest BCUT2D eigenvalue weighted by molar-refractivity contribution is 6.05. The highest BCUT2D eigenvalue weighted by Crippen LogP contribution is 2.33. The van der Waals surface area contributed by atoms with Gasteiger partial charge in [-0.3, -0.25) is 14.1 Å². The van der Waals surface area contributed by atoms with E-state index in [-0.39, 0.29) is 5.56 Å². The van der Waals surface area contributed by atoms with Gasteiger partial charge in [0.1, 0.15) is 23.0 Å². The van der Waals surface area contributed by atoms with Crippen LogP contribution in [-0.4, -0.2) is 68.3 Å². The van der Waals surface area contributed by atoms with Gasteiger partial charge in [-0.15, -0.1) is 0 Å². The summed E-state index contributed by atoms with van der Waals surface area (Å²) >= 11 is 0. The minimum Gasteiger partial charge on any atom is -0.324 e. The van der Waals surface area contributed by atoms with Crippen LogP contribution in [0.4, 0.5) is 26.1 Å². The minimum atomic E-state index is -0.854. The maximum Gasteiger partial charge on any atom is 0.255 e. The summed E-state index contributed by atoms with van der Waals surface area (Å²) in [5.74, 6) is -1.92. The Hall–Kier alpha value is -5.52. The fourth-order valence-corrected chi connectivity index (χ4v) is 5.96. The number of benzene rings is 3. The molecule has 0 atom stereocenters. The van der Waals surface area contributed by atoms with Crippen molar-refractivity contribution in [2.24, 2.45) is 0 Å². The number of nitrogens with zero attached hydrogens (tertiary/aromatic N) is 6. The van der Waals surface area contributed by atoms with E-state index in [9.17, 15) is 13.6 Å². The number of likely N-dealkylation sites (N-methyl/N-ethyl adjacent to an activating group) is 1. The zero-order valence-corrected chi connectivity index (χ0v) is 26.6. The summed E-state index contributed by atoms with van der Waals surface area (Å²) in [4.78, 5) is 32.3. The van der Waals surface area contributed by atoms with Crippen LogP contribution in [-0.2, 0) is 6.54 Å². The van der Waals surface area contributed by atoms with E-state index in [2.05, 4.69) is 51.5 Å². The first-order chi connectivity index (χ1) is 23.3. The van der Waals surface area contributed by atoms with E-state index in [4.69, 9.17) is 9.97 Å². The van der Waals surface area contributed by atoms with Gasteiger partial charge >= 0.3 is 0 Å². The number of hydrogen-bond donors (Lipinski definition) is 2. The van der Waals surface area contributed by atoms with Gasteiger partial charge in [0.15, 0.2) is 0 Å². The van der Waals surface area contributed by atoms with Gasteiger partial charge in [-0.1, -0.05) is 36.4 Å². The van der Waals surface area contributed by atoms with E-state index in [1.54, 1.807) is 24.4 Å². The molecule has 0 radical (unpaired) electrons. The smallest absolute Gasteiger partial charge is 0.255 e. The average molecular weight is 645 g/mol. The van der Waals surface area contributed by atoms with Crippen LogP contribution in [0.3, 0.4) is 0 Å². The SMILES string of the molecule is Cc1c(CN2CCN(C)CC2)cccc1Nc1nccc(-c2c(-c3cccc(C(=O)Nc4c(F)cccc4F)c3)nc3ccccn23)n1. The molecule has 1 fully saturated rings. The van der Waals surface area contributed by atoms with E-state index in [1.807, 2.05) is 47.0 Å². The molecular weight excluding hydrogens is 610 g/mol. The molecule has 0 saturated carbocycles. The Morgan fingerprint density at radius 3 is 2.46 bits per heavy atom. The monoisotopic (exact) mass is 644 g/mol. The predicted molar refractivity (Wildman–Crippen MR) is 183 cm³/mol. The molecule has 1 amide bonds. The number of carbonyl (C=O) groups is 1. The quantitative estimate of drug-likeness (QED) is 0.189. The number of amides is 1. The topological polar surface area (TPSA) is 90.7 Å². The number of anilines is 3. The molecule has 0 aliphatic carbocycles. The highest BCUT2D eigenvalue weighted by atomic mass is 19.1. The minimum absolute atomic E-state index is 0.218. The lowest BCUT2D eigenvalue weighted by atomic mass is 10.0. The van der Waals surface area contributed by atoms with E-state index in [1.165, 1.54) is 11.6 Å². The van der Waals surface area contributed by atoms with Crippen molar-refractivity contribution in [2.45, 2.75) is 13.5 Å². The average Bonchev–Trinajstić information content (AvgIpc) is 3.49. The summed E-state index contributed by atoms with van der Waals surface area (Å²) in [5, 5.41) is 5.79. The third kappa shape index (κ3) is 6.38. The predicted octanol–water partition coefficient (Wildman–Crippen LogP) is 6.79. The van der Waals surface area contributed by atoms with Crippen LogP contribution in [0, 0.1) is 18.6 Å². The van der Waals surface area contributed by atoms with E-state index < -0.39 is 23.2 Å². The summed E-state index contributed by atoms with van der Waals surface area (Å²) in [6, 6.07) is 24.0. The van der Waals surface area contributed by atoms with Gasteiger partial charge in [-0.25, -0.2) is 23.7 Å². The first-order valence-electron chi connectivity index (χ1n) is 15.8. The molecule has 1 aliphatic heterocycles. The number of para-hydroxylation sites is 1. The van der Waals surface area contributed by atoms with Gasteiger partial charge in [0.2, 0.25) is 5.95 Å². The second-order valence-corrected chi connectivity index (χ2v) is 11.9. The zero-order chi connectivity index (χ0) is 33.2. The highest BCUT2D eigenvalue weighted by Gasteiger charge is 2.21. The number of carbonyl (C=O) groups excluding carboxylic acids is 1. The summed E-state index contributed by atoms with van der Waals surface area (Å²) < 4.78 is 30.5. The Kier molecular flexibility index (Phi) is 8.62. The van der Waals surface area contributed by atoms with Crippen LogP contribution < -0.4 is 10.6 Å². The van der Waals surface area contributed by atoms with Gasteiger partial charge in [0.05, 0.1) is 17.1 Å². The fraction of sp³-hybridized carbons (Fsp3) is 0.189. The molecule has 11 heteroatoms. The van der Waals surface area contributed by atoms with Gasteiger partial charge in [-0.2, -0.15) is 0 Å². The van der Waals surface area contributed by atoms with Crippen LogP contribution in [0.5, 0.6) is 0 Å². The van der Waals surface area contributed by atoms with Crippen molar-refractivity contribution < 1.29 is 13.6 Å². The van der Waals surface area contributed by atoms with Crippen LogP contribution in [0.1, 0.15) is 21.5 Å². The van der Waals surface area contributed by atoms with Gasteiger partial charge in [0.25, 0.3) is 5.91 Å². The van der Waals surface area contributed by atoms with E-state index in [0.717, 1.165) is 56.1 Å². The zero-order valence-electron chi connectivity index (χ0n) is 26.6. The molecule has 2 N–H and O–H groups in total. The first-order valence-corrected chi connectivity index (χ1v) is 15.8. The van der Waals surface area contributed by atoms with Crippen molar-refractivity contribution in [1.29, 1.82) is 0 Å². The van der Waals surface area contributed by atoms with Gasteiger partial charge in [0, 0.05) is 61.9 Å². The maximum atomic E-state index is 14.3. The largest absolute Gasteiger partial charge is 0.324 e. The summed E-state index contributed by atoms with van der Waals surface area (Å²) in [6.07, 6.45) is 3.60. The van der Waals surface area contributed by atoms with Crippen LogP contribution >= 0.6 is 0 Å². The third-order valence-electron chi connectivity index (χ3n) is 8.71. The fourth-order valence-electron chi connectivity index (χ4n) is 5.96. The molecule has 3 aromatic carbocycles. The Balaban J connectivity index is 1.20. The second kappa shape index (κ2) is 13.3. The van der Waals surface area contributed by atoms with Crippen molar-refractivity contribution in [3.8, 4) is 22.6 Å². The summed E-state index contributed by atoms with van der Waals surface area (Å²) in [5.41, 5.74) is 6.28. The van der Waals surface area contributed by atoms with Gasteiger partial charge < -0.3 is 15.5 Å². The van der Waals surface area contributed by atoms with Crippen molar-refractivity contribution in [1.82, 2.24) is 29.2 Å². The normalized spacial score (nSPS) is 13.9. The molecule has 7 rings (SSSR count). The molecule has 1 aliphatic rings. The number of piperazine rings is 1. The van der Waals surface area contributed by atoms with Crippen molar-refractivity contribution in [3.05, 3.63) is 126 Å². The molecule has 1 saturated heterocycles. The number of pyridine rings is 1. The van der Waals surface area contributed by atoms with Crippen LogP contribution in [0.15, 0.2) is 97.3 Å². The number of halogens is 2. The summed E-state index contributed by atoms with van der Waals surface area (Å²) in [7, 11) is 2.16. The number of fused-ring (bicyclic) bond motifs is 1. The van der Waals surface area contributed by atoms with Gasteiger partial charge in [-0.05, 0) is 73.6 Å². The molecule has 9 nitrogen and oxygen atoms in total. The molecule has 0 unspecified atom stereocenters. The molecule has 3 aromatic heterocycles. The Morgan fingerprint density at radius 1 is 0.875 bits per heavy atom. The van der Waals surface area contributed by atoms with Crippen molar-refractivity contribution in [2.75, 3.05) is 43.9 Å². The Morgan fingerprint density at radius 2 is 1.65 bits per heavy atom. The number of hydrogen-bond acceptors (Lipinski definition) is 7. The second-order valence-electron chi connectivity index (χ2n) is 11.9. The van der Waals surface area contributed by atoms with E-state index in [0.29, 0.717) is 34.2 Å². The molecular formula is C37H34F2N8O. The molecule has 4 heterocycles. The van der Waals surface area contributed by atoms with Crippen LogP contribution in [0.2, 0.25) is 0 Å². The number of imidazole rings is 1. The molecule has 6 aromatic rings. The number of nitrogens with one attached hydrogen (secondary N) is 2. The number of aromatic nitrogens is 4. The van der Waals surface area contributed by atoms with Crippen LogP contribution in [0.25, 0.3) is 28.3 Å². The number of rotatable bonds is 8. The van der Waals surface area contributed by atoms with Crippen molar-refractivity contribution in [3.63, 3.8) is 0 Å². The molecule has 0 spiro atoms. The van der Waals surface area contributed by atoms with E-state index >= 15 is 0 Å². The molecule has 48 heavy (non-hydrogen) atoms. The molecule has 242 valence electrons. The Bertz CT molecular complexity index is 2100. The Labute approximate surface area is 276 Å². The lowest BCUT2D eigenvalue weighted by Gasteiger charge is -2.32. The first kappa shape index (κ1) is 31.1. The molecule has 0 bridgehead atoms. The third-order valence-corrected chi connectivity index (χ3v) is 8.71. The maximum absolute atomic E-state index is 14.3. The lowest BCUT2D eigenvalue weighted by Crippen LogP contribution is -2.43. The van der Waals surface area contributed by atoms with Crippen molar-refractivity contribution >= 4 is 28.9 Å². The standard InChI is InChI=1S/C37H34F2N8O/c1-24-27(23-46-20-18-45(2)19-21-46)10-6-13-30(24)41-37-40-16-15-31(42-37)35-33(43-32-14-3-4-17-47(32)35)25-8-5-9-26(22-25)36(48)44-34-28(38)11-7-12-29(34)39/h3-17,22H,18-21,23H2,1-2H3,(H,44,48)(H,40,41,42). The summed E-state index contributed by atoms with van der Waals surface area (Å²) in [6.45, 7) is 7.20.